The lowest BCUT2D eigenvalue weighted by molar-refractivity contribution is -0.119. The molecule has 206 valence electrons. The van der Waals surface area contributed by atoms with Crippen LogP contribution >= 0.6 is 11.6 Å². The van der Waals surface area contributed by atoms with E-state index < -0.39 is 5.92 Å². The summed E-state index contributed by atoms with van der Waals surface area (Å²) in [5.74, 6) is 0.651. The molecule has 0 radical (unpaired) electrons. The Labute approximate surface area is 236 Å². The van der Waals surface area contributed by atoms with Crippen LogP contribution < -0.4 is 9.47 Å². The van der Waals surface area contributed by atoms with Crippen molar-refractivity contribution in [2.24, 2.45) is 10.8 Å². The van der Waals surface area contributed by atoms with Crippen molar-refractivity contribution in [1.29, 1.82) is 0 Å². The van der Waals surface area contributed by atoms with Gasteiger partial charge in [0.05, 0.1) is 12.1 Å². The van der Waals surface area contributed by atoms with Gasteiger partial charge in [-0.2, -0.15) is 0 Å². The number of carbonyl (C=O) groups is 2. The van der Waals surface area contributed by atoms with Crippen LogP contribution in [0.2, 0.25) is 5.02 Å². The van der Waals surface area contributed by atoms with Crippen molar-refractivity contribution in [3.05, 3.63) is 80.7 Å². The second-order valence-electron chi connectivity index (χ2n) is 12.9. The summed E-state index contributed by atoms with van der Waals surface area (Å²) in [5.41, 5.74) is 6.14. The number of hydrogen-bond acceptors (Lipinski definition) is 5. The third kappa shape index (κ3) is 5.14. The molecule has 0 bridgehead atoms. The highest BCUT2D eigenvalue weighted by Gasteiger charge is 2.48. The van der Waals surface area contributed by atoms with Crippen LogP contribution in [0.3, 0.4) is 0 Å². The van der Waals surface area contributed by atoms with Crippen molar-refractivity contribution in [2.45, 2.75) is 72.8 Å². The van der Waals surface area contributed by atoms with Crippen LogP contribution in [0.25, 0.3) is 0 Å². The van der Waals surface area contributed by atoms with E-state index in [0.29, 0.717) is 36.0 Å². The number of methoxy groups -OCH3 is 1. The maximum absolute atomic E-state index is 13.8. The minimum absolute atomic E-state index is 0.0946. The molecule has 0 saturated carbocycles. The van der Waals surface area contributed by atoms with E-state index in [-0.39, 0.29) is 22.4 Å². The van der Waals surface area contributed by atoms with Crippen molar-refractivity contribution < 1.29 is 19.1 Å². The molecule has 0 atom stereocenters. The Bertz CT molecular complexity index is 1380. The highest BCUT2D eigenvalue weighted by atomic mass is 35.5. The monoisotopic (exact) mass is 547 g/mol. The second kappa shape index (κ2) is 9.85. The van der Waals surface area contributed by atoms with Crippen molar-refractivity contribution >= 4 is 23.2 Å². The highest BCUT2D eigenvalue weighted by molar-refractivity contribution is 6.32. The number of halogens is 1. The van der Waals surface area contributed by atoms with Gasteiger partial charge in [0.1, 0.15) is 6.61 Å². The number of ketones is 2. The Balaban J connectivity index is 1.63. The summed E-state index contributed by atoms with van der Waals surface area (Å²) in [5, 5.41) is 0.396. The van der Waals surface area contributed by atoms with Crippen LogP contribution in [0.4, 0.5) is 0 Å². The number of aryl methyl sites for hydroxylation is 1. The fourth-order valence-electron chi connectivity index (χ4n) is 6.50. The van der Waals surface area contributed by atoms with Crippen LogP contribution in [-0.2, 0) is 16.2 Å². The zero-order chi connectivity index (χ0) is 28.3. The first-order valence-electron chi connectivity index (χ1n) is 13.6. The molecule has 0 N–H and O–H groups in total. The third-order valence-corrected chi connectivity index (χ3v) is 8.51. The van der Waals surface area contributed by atoms with Gasteiger partial charge in [-0.25, -0.2) is 0 Å². The maximum atomic E-state index is 13.8. The summed E-state index contributed by atoms with van der Waals surface area (Å²) < 4.78 is 11.9. The summed E-state index contributed by atoms with van der Waals surface area (Å²) in [6.07, 6.45) is 2.44. The van der Waals surface area contributed by atoms with E-state index in [9.17, 15) is 9.59 Å². The molecule has 6 heteroatoms. The molecular weight excluding hydrogens is 510 g/mol. The number of rotatable bonds is 5. The molecule has 0 aromatic heterocycles. The molecule has 0 spiro atoms. The average molecular weight is 548 g/mol. The molecule has 39 heavy (non-hydrogen) atoms. The first kappa shape index (κ1) is 27.5. The predicted molar refractivity (Wildman–Crippen MR) is 154 cm³/mol. The first-order chi connectivity index (χ1) is 18.3. The largest absolute Gasteiger partial charge is 0.493 e. The van der Waals surface area contributed by atoms with Gasteiger partial charge in [0.15, 0.2) is 23.1 Å². The van der Waals surface area contributed by atoms with Crippen LogP contribution in [0, 0.1) is 17.8 Å². The first-order valence-corrected chi connectivity index (χ1v) is 14.0. The molecule has 0 fully saturated rings. The van der Waals surface area contributed by atoms with Crippen LogP contribution in [0.1, 0.15) is 76.0 Å². The molecule has 2 aromatic rings. The fourth-order valence-corrected chi connectivity index (χ4v) is 6.78. The number of hydrogen-bond donors (Lipinski definition) is 0. The van der Waals surface area contributed by atoms with Gasteiger partial charge in [0.25, 0.3) is 0 Å². The SMILES string of the molecule is COc1cc(C2C3=C(CC(C)(C)CC3=O)N(C)C3=C2C(=O)CC(C)(C)C3)cc(Cl)c1OCc1cccc(C)c1. The molecule has 2 aliphatic carbocycles. The minimum atomic E-state index is -0.476. The minimum Gasteiger partial charge on any atom is -0.493 e. The molecule has 0 saturated heterocycles. The lowest BCUT2D eigenvalue weighted by atomic mass is 9.63. The number of nitrogens with zero attached hydrogens (tertiary/aromatic N) is 1. The zero-order valence-electron chi connectivity index (χ0n) is 24.0. The molecular formula is C33H38ClNO4. The Kier molecular flexibility index (Phi) is 6.95. The molecule has 0 unspecified atom stereocenters. The fraction of sp³-hybridized carbons (Fsp3) is 0.455. The molecule has 2 aromatic carbocycles. The summed E-state index contributed by atoms with van der Waals surface area (Å²) in [6.45, 7) is 10.9. The lowest BCUT2D eigenvalue weighted by Gasteiger charge is -2.48. The van der Waals surface area contributed by atoms with Crippen molar-refractivity contribution in [1.82, 2.24) is 4.90 Å². The maximum Gasteiger partial charge on any atom is 0.180 e. The lowest BCUT2D eigenvalue weighted by Crippen LogP contribution is -2.43. The number of ether oxygens (including phenoxy) is 2. The normalized spacial score (nSPS) is 20.7. The molecule has 5 rings (SSSR count). The van der Waals surface area contributed by atoms with Gasteiger partial charge in [-0.1, -0.05) is 69.1 Å². The Morgan fingerprint density at radius 2 is 1.51 bits per heavy atom. The van der Waals surface area contributed by atoms with Gasteiger partial charge < -0.3 is 14.4 Å². The van der Waals surface area contributed by atoms with Gasteiger partial charge in [-0.05, 0) is 53.9 Å². The van der Waals surface area contributed by atoms with Crippen molar-refractivity contribution in [3.63, 3.8) is 0 Å². The van der Waals surface area contributed by atoms with E-state index in [1.165, 1.54) is 0 Å². The molecule has 3 aliphatic rings. The van der Waals surface area contributed by atoms with Crippen LogP contribution in [0.15, 0.2) is 58.9 Å². The smallest absolute Gasteiger partial charge is 0.180 e. The topological polar surface area (TPSA) is 55.8 Å². The number of carbonyl (C=O) groups excluding carboxylic acids is 2. The molecule has 1 heterocycles. The molecule has 0 amide bonds. The van der Waals surface area contributed by atoms with Crippen LogP contribution in [0.5, 0.6) is 11.5 Å². The number of Topliss-reactive ketones (excluding diaryl/α,β-unsaturated/α-hetero) is 2. The van der Waals surface area contributed by atoms with Crippen LogP contribution in [-0.4, -0.2) is 30.6 Å². The highest BCUT2D eigenvalue weighted by Crippen LogP contribution is 2.55. The summed E-state index contributed by atoms with van der Waals surface area (Å²) in [7, 11) is 3.60. The van der Waals surface area contributed by atoms with Gasteiger partial charge in [0, 0.05) is 48.3 Å². The van der Waals surface area contributed by atoms with Gasteiger partial charge >= 0.3 is 0 Å². The second-order valence-corrected chi connectivity index (χ2v) is 13.3. The number of benzene rings is 2. The summed E-state index contributed by atoms with van der Waals surface area (Å²) in [6, 6.07) is 11.9. The van der Waals surface area contributed by atoms with Crippen molar-refractivity contribution in [2.75, 3.05) is 14.2 Å². The Morgan fingerprint density at radius 3 is 2.05 bits per heavy atom. The van der Waals surface area contributed by atoms with E-state index >= 15 is 0 Å². The predicted octanol–water partition coefficient (Wildman–Crippen LogP) is 7.55. The van der Waals surface area contributed by atoms with Crippen molar-refractivity contribution in [3.8, 4) is 11.5 Å². The summed E-state index contributed by atoms with van der Waals surface area (Å²) >= 11 is 6.86. The Hall–Kier alpha value is -3.05. The molecule has 5 nitrogen and oxygen atoms in total. The third-order valence-electron chi connectivity index (χ3n) is 8.23. The zero-order valence-corrected chi connectivity index (χ0v) is 24.8. The van der Waals surface area contributed by atoms with E-state index in [1.54, 1.807) is 7.11 Å². The van der Waals surface area contributed by atoms with E-state index in [1.807, 2.05) is 44.3 Å². The molecule has 1 aliphatic heterocycles. The van der Waals surface area contributed by atoms with Gasteiger partial charge in [-0.15, -0.1) is 0 Å². The quantitative estimate of drug-likeness (QED) is 0.387. The average Bonchev–Trinajstić information content (AvgIpc) is 2.83. The Morgan fingerprint density at radius 1 is 0.923 bits per heavy atom. The van der Waals surface area contributed by atoms with E-state index in [4.69, 9.17) is 21.1 Å². The number of allylic oxidation sites excluding steroid dienone is 4. The van der Waals surface area contributed by atoms with Gasteiger partial charge in [-0.3, -0.25) is 9.59 Å². The summed E-state index contributed by atoms with van der Waals surface area (Å²) in [4.78, 5) is 29.7. The standard InChI is InChI=1S/C33H38ClNO4/c1-19-9-8-10-20(11-19)18-39-31-22(34)12-21(13-27(31)38-7)28-29-23(14-32(2,3)16-25(29)36)35(6)24-15-33(4,5)17-26(37)30(24)28/h8-13,28H,14-18H2,1-7H3. The van der Waals surface area contributed by atoms with E-state index in [0.717, 1.165) is 52.1 Å². The van der Waals surface area contributed by atoms with E-state index in [2.05, 4.69) is 38.7 Å². The van der Waals surface area contributed by atoms with Gasteiger partial charge in [0.2, 0.25) is 0 Å².